The number of ether oxygens (including phenoxy) is 6. The fourth-order valence-corrected chi connectivity index (χ4v) is 56.4. The maximum Gasteiger partial charge on any atom is 2.00 e. The summed E-state index contributed by atoms with van der Waals surface area (Å²) in [5.41, 5.74) is 0. The van der Waals surface area contributed by atoms with E-state index in [9.17, 15) is 30.6 Å². The molecule has 0 aliphatic carbocycles. The topological polar surface area (TPSA) is 278 Å². The Hall–Kier alpha value is 6.48. The van der Waals surface area contributed by atoms with Crippen molar-refractivity contribution in [3.63, 3.8) is 0 Å². The molecule has 0 radical (unpaired) electrons. The van der Waals surface area contributed by atoms with E-state index >= 15 is 0 Å². The molecular weight excluding hydrogens is 1770 g/mol. The molecule has 0 N–H and O–H groups in total. The van der Waals surface area contributed by atoms with Gasteiger partial charge in [-0.1, -0.05) is 453 Å². The van der Waals surface area contributed by atoms with Crippen molar-refractivity contribution in [2.75, 3.05) is 119 Å². The molecule has 18 nitrogen and oxygen atoms in total. The maximum absolute atomic E-state index is 9.53. The van der Waals surface area contributed by atoms with Gasteiger partial charge in [0.25, 0.3) is 0 Å². The second kappa shape index (κ2) is 134. The van der Waals surface area contributed by atoms with Gasteiger partial charge in [0.1, 0.15) is 0 Å². The quantitative estimate of drug-likeness (QED) is 0.0530. The van der Waals surface area contributed by atoms with Crippen LogP contribution in [0.15, 0.2) is 0 Å². The van der Waals surface area contributed by atoms with E-state index in [4.69, 9.17) is 56.3 Å². The number of rotatable bonds is 36. The molecule has 0 aromatic rings. The summed E-state index contributed by atoms with van der Waals surface area (Å²) in [6, 6.07) is 0. The van der Waals surface area contributed by atoms with Crippen LogP contribution in [-0.2, 0) is 28.4 Å². The molecule has 0 saturated carbocycles. The second-order valence-corrected chi connectivity index (χ2v) is 95.2. The predicted octanol–water partition coefficient (Wildman–Crippen LogP) is 23.0. The monoisotopic (exact) mass is 1990 g/mol. The molecule has 0 atom stereocenters. The first-order valence-electron chi connectivity index (χ1n) is 44.6. The van der Waals surface area contributed by atoms with Crippen molar-refractivity contribution in [3.05, 3.63) is 27.9 Å². The smallest absolute Gasteiger partial charge is 0.854 e. The van der Waals surface area contributed by atoms with Crippen LogP contribution in [0.1, 0.15) is 202 Å². The van der Waals surface area contributed by atoms with Gasteiger partial charge in [-0.15, -0.1) is 39.6 Å². The zero-order chi connectivity index (χ0) is 95.7. The molecule has 0 spiro atoms. The Morgan fingerprint density at radius 2 is 0.200 bits per heavy atom. The molecule has 0 rings (SSSR count). The first kappa shape index (κ1) is 190. The molecule has 0 saturated heterocycles. The third-order valence-corrected chi connectivity index (χ3v) is 41.7. The molecule has 0 fully saturated rings. The Morgan fingerprint density at radius 1 is 0.142 bits per heavy atom. The van der Waals surface area contributed by atoms with Crippen molar-refractivity contribution < 1.29 is 59.1 Å². The van der Waals surface area contributed by atoms with Gasteiger partial charge in [0.05, 0.1) is 0 Å². The van der Waals surface area contributed by atoms with E-state index < -0.39 is 98.8 Å². The molecule has 120 heavy (non-hydrogen) atoms. The fraction of sp³-hybridized carbons (Fsp3) is 1.00. The van der Waals surface area contributed by atoms with Gasteiger partial charge < -0.3 is 86.9 Å². The van der Waals surface area contributed by atoms with Crippen molar-refractivity contribution in [2.24, 2.45) is 0 Å². The third-order valence-electron chi connectivity index (χ3n) is 9.46. The van der Waals surface area contributed by atoms with Gasteiger partial charge >= 0.3 is 138 Å². The van der Waals surface area contributed by atoms with Gasteiger partial charge in [-0.25, -0.2) is 0 Å². The van der Waals surface area contributed by atoms with Crippen LogP contribution in [0.2, 0.25) is 236 Å². The molecule has 0 aliphatic heterocycles. The van der Waals surface area contributed by atoms with E-state index in [2.05, 4.69) is 236 Å². The normalized spacial score (nSPS) is 10.5. The minimum Gasteiger partial charge on any atom is -0.854 e. The first-order chi connectivity index (χ1) is 51.2. The van der Waals surface area contributed by atoms with E-state index in [1.54, 1.807) is 0 Å². The molecule has 0 aromatic heterocycles. The molecule has 720 valence electrons. The molecule has 0 unspecified atom stereocenters. The molecule has 0 aliphatic rings. The van der Waals surface area contributed by atoms with Crippen LogP contribution in [-0.4, -0.2) is 356 Å². The second-order valence-electron chi connectivity index (χ2n) is 37.8. The van der Waals surface area contributed by atoms with Gasteiger partial charge in [0.15, 0.2) is 0 Å². The summed E-state index contributed by atoms with van der Waals surface area (Å²) in [6.07, 6.45) is 11.2. The van der Waals surface area contributed by atoms with E-state index in [-0.39, 0.29) is 178 Å². The van der Waals surface area contributed by atoms with Crippen LogP contribution < -0.4 is 30.6 Å². The van der Waals surface area contributed by atoms with E-state index in [0.717, 1.165) is 156 Å². The summed E-state index contributed by atoms with van der Waals surface area (Å²) in [5, 5.41) is 57.2. The van der Waals surface area contributed by atoms with Gasteiger partial charge in [0.2, 0.25) is 0 Å². The summed E-state index contributed by atoms with van der Waals surface area (Å²) < 4.78 is 57.9. The number of hydrogen-bond donors (Lipinski definition) is 0. The van der Waals surface area contributed by atoms with Crippen LogP contribution in [0.25, 0.3) is 27.9 Å². The zero-order valence-electron chi connectivity index (χ0n) is 93.0. The molecule has 0 amide bonds. The molecule has 0 heterocycles. The average molecular weight is 1990 g/mol. The standard InChI is InChI=1S/6C6H18NSi2.6C4H10O.6C4H9O.6Mg/c6*1-8(2,3)7-9(4,5)6;6*1-3-5-4-2;6*1-2-3-4-5;;;;;;/h6*1-6H3;6*3-4H2,1-2H3;6*2-4H2,1H3;;;;;;/q6*-1;;;;;;;6*-1;6*+2. The minimum absolute atomic E-state index is 0. The molecular formula is C84H222Mg6N6O12Si12. The first-order valence-corrected chi connectivity index (χ1v) is 86.0. The molecule has 36 heteroatoms. The van der Waals surface area contributed by atoms with E-state index in [1.807, 2.05) is 125 Å². The SMILES string of the molecule is CCCC[O-].CCCC[O-].CCCC[O-].CCCC[O-].CCCC[O-].CCCC[O-].CCOCC.CCOCC.CCOCC.CCOCC.CCOCC.CCOCC.C[Si](C)(C)[N-][Si](C)(C)C.C[Si](C)(C)[N-][Si](C)(C)C.C[Si](C)(C)[N-][Si](C)(C)C.C[Si](C)(C)[N-][Si](C)(C)C.C[Si](C)(C)[N-][Si](C)(C)C.C[Si](C)(C)[N-][Si](C)(C)C.[Mg+2].[Mg+2].[Mg+2].[Mg+2].[Mg+2].[Mg+2]. The van der Waals surface area contributed by atoms with Gasteiger partial charge in [0, 0.05) is 79.3 Å². The Morgan fingerprint density at radius 3 is 0.200 bits per heavy atom. The van der Waals surface area contributed by atoms with Gasteiger partial charge in [-0.3, -0.25) is 0 Å². The zero-order valence-corrected chi connectivity index (χ0v) is 114. The van der Waals surface area contributed by atoms with Gasteiger partial charge in [-0.2, -0.15) is 0 Å². The predicted molar refractivity (Wildman–Crippen MR) is 586 cm³/mol. The number of unbranched alkanes of at least 4 members (excludes halogenated alkanes) is 6. The Balaban J connectivity index is -0.0000000371. The van der Waals surface area contributed by atoms with Crippen LogP contribution in [0.3, 0.4) is 0 Å². The van der Waals surface area contributed by atoms with Crippen LogP contribution in [0, 0.1) is 0 Å². The summed E-state index contributed by atoms with van der Waals surface area (Å²) in [4.78, 5) is 0. The third kappa shape index (κ3) is 429. The fourth-order valence-electron chi connectivity index (χ4n) is 8.13. The van der Waals surface area contributed by atoms with Crippen LogP contribution in [0.5, 0.6) is 0 Å². The Labute approximate surface area is 870 Å². The van der Waals surface area contributed by atoms with Crippen molar-refractivity contribution in [3.8, 4) is 0 Å². The summed E-state index contributed by atoms with van der Waals surface area (Å²) in [7, 11) is -13.3. The van der Waals surface area contributed by atoms with E-state index in [0.29, 0.717) is 0 Å². The summed E-state index contributed by atoms with van der Waals surface area (Å²) >= 11 is 0. The summed E-state index contributed by atoms with van der Waals surface area (Å²) in [5.74, 6) is 0. The average Bonchev–Trinajstić information content (AvgIpc) is 0.959. The minimum atomic E-state index is -1.11. The van der Waals surface area contributed by atoms with Crippen LogP contribution >= 0.6 is 0 Å². The molecule has 0 bridgehead atoms. The van der Waals surface area contributed by atoms with Crippen molar-refractivity contribution >= 4 is 237 Å². The maximum atomic E-state index is 9.53. The number of nitrogens with zero attached hydrogens (tertiary/aromatic N) is 6. The van der Waals surface area contributed by atoms with Gasteiger partial charge in [-0.05, 0) is 83.1 Å². The largest absolute Gasteiger partial charge is 2.00 e. The van der Waals surface area contributed by atoms with Crippen LogP contribution in [0.4, 0.5) is 0 Å². The Kier molecular flexibility index (Phi) is 212. The van der Waals surface area contributed by atoms with Crippen molar-refractivity contribution in [1.29, 1.82) is 0 Å². The van der Waals surface area contributed by atoms with Crippen molar-refractivity contribution in [2.45, 2.75) is 437 Å². The summed E-state index contributed by atoms with van der Waals surface area (Å²) in [6.45, 7) is 129. The molecule has 0 aromatic carbocycles. The number of hydrogen-bond acceptors (Lipinski definition) is 12. The van der Waals surface area contributed by atoms with E-state index in [1.165, 1.54) is 0 Å². The van der Waals surface area contributed by atoms with Crippen molar-refractivity contribution in [1.82, 2.24) is 0 Å². The Bertz CT molecular complexity index is 1190.